The Labute approximate surface area is 176 Å². The van der Waals surface area contributed by atoms with Gasteiger partial charge < -0.3 is 15.0 Å². The summed E-state index contributed by atoms with van der Waals surface area (Å²) in [6.07, 6.45) is 0.00990. The Morgan fingerprint density at radius 3 is 2.57 bits per heavy atom. The molecule has 0 saturated carbocycles. The van der Waals surface area contributed by atoms with Crippen LogP contribution in [0, 0.1) is 5.92 Å². The Balaban J connectivity index is 1.53. The molecule has 1 aliphatic rings. The van der Waals surface area contributed by atoms with Crippen LogP contribution in [0.4, 0.5) is 11.4 Å². The van der Waals surface area contributed by atoms with E-state index in [1.165, 1.54) is 11.0 Å². The fraction of sp³-hybridized carbons (Fsp3) is 0.211. The minimum absolute atomic E-state index is 0.00990. The van der Waals surface area contributed by atoms with Crippen LogP contribution in [0.1, 0.15) is 6.42 Å². The first-order valence-electron chi connectivity index (χ1n) is 8.31. The summed E-state index contributed by atoms with van der Waals surface area (Å²) in [5.41, 5.74) is 0.971. The van der Waals surface area contributed by atoms with Crippen LogP contribution < -0.4 is 10.2 Å². The van der Waals surface area contributed by atoms with Gasteiger partial charge in [0.05, 0.1) is 16.6 Å². The van der Waals surface area contributed by atoms with E-state index in [2.05, 4.69) is 5.32 Å². The Morgan fingerprint density at radius 2 is 1.86 bits per heavy atom. The van der Waals surface area contributed by atoms with Gasteiger partial charge in [0.2, 0.25) is 5.91 Å². The molecule has 1 atom stereocenters. The van der Waals surface area contributed by atoms with E-state index in [1.54, 1.807) is 36.4 Å². The second-order valence-corrected chi connectivity index (χ2v) is 7.45. The molecule has 0 bridgehead atoms. The zero-order valence-electron chi connectivity index (χ0n) is 14.5. The van der Waals surface area contributed by atoms with Crippen molar-refractivity contribution in [2.45, 2.75) is 6.42 Å². The summed E-state index contributed by atoms with van der Waals surface area (Å²) in [7, 11) is 0. The highest BCUT2D eigenvalue weighted by Gasteiger charge is 2.36. The summed E-state index contributed by atoms with van der Waals surface area (Å²) < 4.78 is 5.05. The molecule has 28 heavy (non-hydrogen) atoms. The lowest BCUT2D eigenvalue weighted by molar-refractivity contribution is -0.151. The predicted octanol–water partition coefficient (Wildman–Crippen LogP) is 4.18. The summed E-state index contributed by atoms with van der Waals surface area (Å²) in [5, 5.41) is 3.73. The van der Waals surface area contributed by atoms with Crippen molar-refractivity contribution < 1.29 is 19.1 Å². The average Bonchev–Trinajstić information content (AvgIpc) is 3.04. The second-order valence-electron chi connectivity index (χ2n) is 6.17. The van der Waals surface area contributed by atoms with Crippen molar-refractivity contribution in [2.24, 2.45) is 5.92 Å². The van der Waals surface area contributed by atoms with Gasteiger partial charge in [-0.15, -0.1) is 0 Å². The maximum atomic E-state index is 12.3. The number of halogens is 3. The highest BCUT2D eigenvalue weighted by atomic mass is 35.5. The van der Waals surface area contributed by atoms with E-state index >= 15 is 0 Å². The largest absolute Gasteiger partial charge is 0.455 e. The molecule has 0 unspecified atom stereocenters. The molecule has 6 nitrogen and oxygen atoms in total. The first-order chi connectivity index (χ1) is 13.3. The van der Waals surface area contributed by atoms with Crippen molar-refractivity contribution in [1.82, 2.24) is 0 Å². The number of ether oxygens (including phenoxy) is 1. The zero-order valence-corrected chi connectivity index (χ0v) is 16.7. The summed E-state index contributed by atoms with van der Waals surface area (Å²) in [6.45, 7) is -0.317. The first-order valence-corrected chi connectivity index (χ1v) is 9.44. The van der Waals surface area contributed by atoms with Crippen LogP contribution in [0.15, 0.2) is 42.5 Å². The summed E-state index contributed by atoms with van der Waals surface area (Å²) in [4.78, 5) is 37.9. The molecule has 0 aliphatic carbocycles. The van der Waals surface area contributed by atoms with Crippen molar-refractivity contribution in [3.8, 4) is 0 Å². The van der Waals surface area contributed by atoms with Gasteiger partial charge in [0.25, 0.3) is 5.91 Å². The number of hydrogen-bond donors (Lipinski definition) is 1. The molecular weight excluding hydrogens is 427 g/mol. The molecule has 0 aromatic heterocycles. The van der Waals surface area contributed by atoms with Gasteiger partial charge in [-0.05, 0) is 36.4 Å². The van der Waals surface area contributed by atoms with Crippen molar-refractivity contribution in [2.75, 3.05) is 23.4 Å². The van der Waals surface area contributed by atoms with E-state index in [1.807, 2.05) is 0 Å². The number of nitrogens with zero attached hydrogens (tertiary/aromatic N) is 1. The molecular formula is C19H15Cl3N2O4. The van der Waals surface area contributed by atoms with Crippen molar-refractivity contribution in [1.29, 1.82) is 0 Å². The van der Waals surface area contributed by atoms with Crippen LogP contribution in [0.5, 0.6) is 0 Å². The van der Waals surface area contributed by atoms with Crippen molar-refractivity contribution >= 4 is 64.0 Å². The van der Waals surface area contributed by atoms with Crippen LogP contribution in [-0.2, 0) is 19.1 Å². The molecule has 1 aliphatic heterocycles. The molecule has 3 rings (SSSR count). The van der Waals surface area contributed by atoms with Gasteiger partial charge in [-0.2, -0.15) is 0 Å². The number of nitrogens with one attached hydrogen (secondary N) is 1. The molecule has 1 saturated heterocycles. The van der Waals surface area contributed by atoms with Gasteiger partial charge in [-0.1, -0.05) is 40.9 Å². The van der Waals surface area contributed by atoms with E-state index in [0.29, 0.717) is 21.4 Å². The fourth-order valence-corrected chi connectivity index (χ4v) is 3.43. The molecule has 1 heterocycles. The summed E-state index contributed by atoms with van der Waals surface area (Å²) >= 11 is 17.7. The topological polar surface area (TPSA) is 75.7 Å². The summed E-state index contributed by atoms with van der Waals surface area (Å²) in [5.74, 6) is -2.02. The fourth-order valence-electron chi connectivity index (χ4n) is 2.79. The monoisotopic (exact) mass is 440 g/mol. The van der Waals surface area contributed by atoms with Crippen LogP contribution in [-0.4, -0.2) is 30.9 Å². The molecule has 2 amide bonds. The third kappa shape index (κ3) is 4.95. The van der Waals surface area contributed by atoms with Crippen LogP contribution in [0.2, 0.25) is 15.1 Å². The van der Waals surface area contributed by atoms with Crippen molar-refractivity contribution in [3.63, 3.8) is 0 Å². The van der Waals surface area contributed by atoms with Crippen LogP contribution in [0.25, 0.3) is 0 Å². The van der Waals surface area contributed by atoms with E-state index < -0.39 is 24.4 Å². The predicted molar refractivity (Wildman–Crippen MR) is 108 cm³/mol. The normalized spacial score (nSPS) is 16.2. The molecule has 2 aromatic rings. The van der Waals surface area contributed by atoms with E-state index in [0.717, 1.165) is 0 Å². The Hall–Kier alpha value is -2.28. The van der Waals surface area contributed by atoms with E-state index in [4.69, 9.17) is 39.5 Å². The number of hydrogen-bond acceptors (Lipinski definition) is 4. The molecule has 2 aromatic carbocycles. The Morgan fingerprint density at radius 1 is 1.11 bits per heavy atom. The smallest absolute Gasteiger partial charge is 0.311 e. The minimum Gasteiger partial charge on any atom is -0.455 e. The number of rotatable bonds is 5. The maximum Gasteiger partial charge on any atom is 0.311 e. The third-order valence-corrected chi connectivity index (χ3v) is 4.91. The highest BCUT2D eigenvalue weighted by molar-refractivity contribution is 6.36. The van der Waals surface area contributed by atoms with E-state index in [-0.39, 0.29) is 23.9 Å². The Kier molecular flexibility index (Phi) is 6.44. The van der Waals surface area contributed by atoms with Crippen LogP contribution in [0.3, 0.4) is 0 Å². The molecule has 0 spiro atoms. The minimum atomic E-state index is -0.654. The van der Waals surface area contributed by atoms with E-state index in [9.17, 15) is 14.4 Å². The zero-order chi connectivity index (χ0) is 20.3. The van der Waals surface area contributed by atoms with Crippen molar-refractivity contribution in [3.05, 3.63) is 57.5 Å². The van der Waals surface area contributed by atoms with Gasteiger partial charge >= 0.3 is 5.97 Å². The highest BCUT2D eigenvalue weighted by Crippen LogP contribution is 2.28. The molecule has 146 valence electrons. The number of carbonyl (C=O) groups is 3. The average molecular weight is 442 g/mol. The maximum absolute atomic E-state index is 12.3. The van der Waals surface area contributed by atoms with Gasteiger partial charge in [0.1, 0.15) is 0 Å². The molecule has 1 fully saturated rings. The molecule has 1 N–H and O–H groups in total. The number of esters is 1. The summed E-state index contributed by atoms with van der Waals surface area (Å²) in [6, 6.07) is 11.4. The number of benzene rings is 2. The third-order valence-electron chi connectivity index (χ3n) is 4.13. The lowest BCUT2D eigenvalue weighted by atomic mass is 10.1. The number of amides is 2. The Bertz CT molecular complexity index is 935. The van der Waals surface area contributed by atoms with Crippen LogP contribution >= 0.6 is 34.8 Å². The second kappa shape index (κ2) is 8.82. The number of carbonyl (C=O) groups excluding carboxylic acids is 3. The quantitative estimate of drug-likeness (QED) is 0.706. The van der Waals surface area contributed by atoms with Gasteiger partial charge in [-0.25, -0.2) is 0 Å². The first kappa shape index (κ1) is 20.5. The van der Waals surface area contributed by atoms with Gasteiger partial charge in [0.15, 0.2) is 6.61 Å². The molecule has 9 heteroatoms. The lowest BCUT2D eigenvalue weighted by Crippen LogP contribution is -2.28. The van der Waals surface area contributed by atoms with Gasteiger partial charge in [-0.3, -0.25) is 14.4 Å². The molecule has 0 radical (unpaired) electrons. The van der Waals surface area contributed by atoms with Gasteiger partial charge in [0, 0.05) is 28.7 Å². The number of anilines is 2. The lowest BCUT2D eigenvalue weighted by Gasteiger charge is -2.16. The standard InChI is InChI=1S/C19H15Cl3N2O4/c20-12-2-1-3-14(7-12)24-9-11(6-18(24)26)19(27)28-10-17(25)23-16-5-4-13(21)8-15(16)22/h1-5,7-8,11H,6,9-10H2,(H,23,25)/t11-/m1/s1. The SMILES string of the molecule is O=C(COC(=O)[C@@H]1CC(=O)N(c2cccc(Cl)c2)C1)Nc1ccc(Cl)cc1Cl.